The van der Waals surface area contributed by atoms with E-state index in [1.165, 1.54) is 5.56 Å². The molecule has 2 aromatic carbocycles. The molecule has 0 radical (unpaired) electrons. The number of piperazine rings is 1. The maximum Gasteiger partial charge on any atom is 0.222 e. The van der Waals surface area contributed by atoms with Crippen molar-refractivity contribution in [2.24, 2.45) is 0 Å². The lowest BCUT2D eigenvalue weighted by Gasteiger charge is -2.34. The van der Waals surface area contributed by atoms with Gasteiger partial charge in [-0.15, -0.1) is 0 Å². The molecule has 1 fully saturated rings. The maximum atomic E-state index is 12.4. The van der Waals surface area contributed by atoms with Gasteiger partial charge in [0, 0.05) is 44.2 Å². The first-order valence-corrected chi connectivity index (χ1v) is 9.55. The standard InChI is InChI=1S/C22H25ClN2O/c23-21-11-8-20(9-12-21)10-13-22(26)25-17-15-24(16-18-25)14-4-7-19-5-2-1-3-6-19/h1-9,11-12H,10,13-18H2/b7-4+. The summed E-state index contributed by atoms with van der Waals surface area (Å²) in [5.41, 5.74) is 2.39. The van der Waals surface area contributed by atoms with E-state index in [0.29, 0.717) is 6.42 Å². The van der Waals surface area contributed by atoms with Gasteiger partial charge in [-0.05, 0) is 29.7 Å². The highest BCUT2D eigenvalue weighted by Crippen LogP contribution is 2.12. The van der Waals surface area contributed by atoms with E-state index in [1.54, 1.807) is 0 Å². The van der Waals surface area contributed by atoms with Gasteiger partial charge < -0.3 is 4.90 Å². The lowest BCUT2D eigenvalue weighted by molar-refractivity contribution is -0.132. The molecule has 0 bridgehead atoms. The van der Waals surface area contributed by atoms with Gasteiger partial charge in [-0.2, -0.15) is 0 Å². The molecule has 4 heteroatoms. The highest BCUT2D eigenvalue weighted by Gasteiger charge is 2.19. The first-order chi connectivity index (χ1) is 12.7. The van der Waals surface area contributed by atoms with E-state index in [-0.39, 0.29) is 5.91 Å². The van der Waals surface area contributed by atoms with E-state index in [1.807, 2.05) is 47.4 Å². The van der Waals surface area contributed by atoms with Gasteiger partial charge in [-0.25, -0.2) is 0 Å². The first kappa shape index (κ1) is 18.7. The number of carbonyl (C=O) groups is 1. The first-order valence-electron chi connectivity index (χ1n) is 9.17. The molecular weight excluding hydrogens is 344 g/mol. The van der Waals surface area contributed by atoms with Crippen molar-refractivity contribution >= 4 is 23.6 Å². The molecule has 1 amide bonds. The molecule has 1 aliphatic heterocycles. The van der Waals surface area contributed by atoms with Crippen LogP contribution < -0.4 is 0 Å². The van der Waals surface area contributed by atoms with Crippen molar-refractivity contribution in [3.63, 3.8) is 0 Å². The molecule has 3 nitrogen and oxygen atoms in total. The summed E-state index contributed by atoms with van der Waals surface area (Å²) in [7, 11) is 0. The highest BCUT2D eigenvalue weighted by molar-refractivity contribution is 6.30. The highest BCUT2D eigenvalue weighted by atomic mass is 35.5. The molecule has 2 aromatic rings. The van der Waals surface area contributed by atoms with E-state index >= 15 is 0 Å². The van der Waals surface area contributed by atoms with Gasteiger partial charge in [-0.3, -0.25) is 9.69 Å². The second-order valence-corrected chi connectivity index (χ2v) is 7.06. The lowest BCUT2D eigenvalue weighted by atomic mass is 10.1. The topological polar surface area (TPSA) is 23.6 Å². The van der Waals surface area contributed by atoms with Crippen molar-refractivity contribution in [1.29, 1.82) is 0 Å². The van der Waals surface area contributed by atoms with Crippen LogP contribution in [0.1, 0.15) is 17.5 Å². The number of benzene rings is 2. The van der Waals surface area contributed by atoms with Gasteiger partial charge >= 0.3 is 0 Å². The monoisotopic (exact) mass is 368 g/mol. The lowest BCUT2D eigenvalue weighted by Crippen LogP contribution is -2.48. The molecule has 3 rings (SSSR count). The Morgan fingerprint density at radius 2 is 1.65 bits per heavy atom. The summed E-state index contributed by atoms with van der Waals surface area (Å²) >= 11 is 5.90. The average molecular weight is 369 g/mol. The molecule has 0 saturated carbocycles. The van der Waals surface area contributed by atoms with Crippen LogP contribution in [0.5, 0.6) is 0 Å². The molecule has 136 valence electrons. The zero-order valence-corrected chi connectivity index (χ0v) is 15.7. The largest absolute Gasteiger partial charge is 0.340 e. The van der Waals surface area contributed by atoms with Crippen molar-refractivity contribution in [2.75, 3.05) is 32.7 Å². The number of rotatable bonds is 6. The summed E-state index contributed by atoms with van der Waals surface area (Å²) in [5, 5.41) is 0.734. The van der Waals surface area contributed by atoms with Crippen LogP contribution in [-0.2, 0) is 11.2 Å². The van der Waals surface area contributed by atoms with E-state index in [0.717, 1.165) is 49.7 Å². The zero-order chi connectivity index (χ0) is 18.2. The normalized spacial score (nSPS) is 15.5. The summed E-state index contributed by atoms with van der Waals surface area (Å²) in [6.07, 6.45) is 5.70. The van der Waals surface area contributed by atoms with Crippen LogP contribution in [0.25, 0.3) is 6.08 Å². The van der Waals surface area contributed by atoms with Crippen LogP contribution in [0, 0.1) is 0 Å². The summed E-state index contributed by atoms with van der Waals surface area (Å²) in [5.74, 6) is 0.249. The minimum Gasteiger partial charge on any atom is -0.340 e. The molecule has 0 aliphatic carbocycles. The van der Waals surface area contributed by atoms with Crippen LogP contribution in [0.4, 0.5) is 0 Å². The number of halogens is 1. The molecule has 0 unspecified atom stereocenters. The van der Waals surface area contributed by atoms with Crippen LogP contribution in [0.3, 0.4) is 0 Å². The molecule has 0 atom stereocenters. The number of carbonyl (C=O) groups excluding carboxylic acids is 1. The Kier molecular flexibility index (Phi) is 6.87. The summed E-state index contributed by atoms with van der Waals surface area (Å²) in [4.78, 5) is 16.8. The van der Waals surface area contributed by atoms with Crippen LogP contribution >= 0.6 is 11.6 Å². The fraction of sp³-hybridized carbons (Fsp3) is 0.318. The van der Waals surface area contributed by atoms with E-state index < -0.39 is 0 Å². The van der Waals surface area contributed by atoms with Gasteiger partial charge in [0.25, 0.3) is 0 Å². The Labute approximate surface area is 160 Å². The SMILES string of the molecule is O=C(CCc1ccc(Cl)cc1)N1CCN(C/C=C/c2ccccc2)CC1. The van der Waals surface area contributed by atoms with Crippen LogP contribution in [0.15, 0.2) is 60.7 Å². The van der Waals surface area contributed by atoms with E-state index in [9.17, 15) is 4.79 Å². The van der Waals surface area contributed by atoms with Crippen molar-refractivity contribution in [2.45, 2.75) is 12.8 Å². The zero-order valence-electron chi connectivity index (χ0n) is 15.0. The van der Waals surface area contributed by atoms with Crippen molar-refractivity contribution in [3.8, 4) is 0 Å². The maximum absolute atomic E-state index is 12.4. The molecule has 1 heterocycles. The number of amides is 1. The fourth-order valence-electron chi connectivity index (χ4n) is 3.14. The molecule has 0 spiro atoms. The predicted octanol–water partition coefficient (Wildman–Crippen LogP) is 4.13. The Balaban J connectivity index is 1.38. The third-order valence-electron chi connectivity index (χ3n) is 4.74. The summed E-state index contributed by atoms with van der Waals surface area (Å²) in [6.45, 7) is 4.44. The van der Waals surface area contributed by atoms with Gasteiger partial charge in [-0.1, -0.05) is 66.2 Å². The van der Waals surface area contributed by atoms with Crippen LogP contribution in [0.2, 0.25) is 5.02 Å². The number of nitrogens with zero attached hydrogens (tertiary/aromatic N) is 2. The molecule has 26 heavy (non-hydrogen) atoms. The molecule has 1 aliphatic rings. The second kappa shape index (κ2) is 9.56. The molecule has 1 saturated heterocycles. The van der Waals surface area contributed by atoms with E-state index in [2.05, 4.69) is 29.2 Å². The summed E-state index contributed by atoms with van der Waals surface area (Å²) < 4.78 is 0. The quantitative estimate of drug-likeness (QED) is 0.765. The fourth-order valence-corrected chi connectivity index (χ4v) is 3.27. The minimum absolute atomic E-state index is 0.249. The van der Waals surface area contributed by atoms with Gasteiger partial charge in [0.2, 0.25) is 5.91 Å². The Morgan fingerprint density at radius 1 is 0.962 bits per heavy atom. The van der Waals surface area contributed by atoms with Crippen LogP contribution in [-0.4, -0.2) is 48.4 Å². The number of hydrogen-bond acceptors (Lipinski definition) is 2. The average Bonchev–Trinajstić information content (AvgIpc) is 2.69. The van der Waals surface area contributed by atoms with E-state index in [4.69, 9.17) is 11.6 Å². The van der Waals surface area contributed by atoms with Crippen molar-refractivity contribution in [3.05, 3.63) is 76.8 Å². The van der Waals surface area contributed by atoms with Crippen molar-refractivity contribution in [1.82, 2.24) is 9.80 Å². The van der Waals surface area contributed by atoms with Gasteiger partial charge in [0.1, 0.15) is 0 Å². The Morgan fingerprint density at radius 3 is 2.35 bits per heavy atom. The van der Waals surface area contributed by atoms with Crippen molar-refractivity contribution < 1.29 is 4.79 Å². The molecule has 0 aromatic heterocycles. The van der Waals surface area contributed by atoms with Gasteiger partial charge in [0.05, 0.1) is 0 Å². The molecule has 0 N–H and O–H groups in total. The minimum atomic E-state index is 0.249. The third kappa shape index (κ3) is 5.72. The smallest absolute Gasteiger partial charge is 0.222 e. The molecular formula is C22H25ClN2O. The third-order valence-corrected chi connectivity index (χ3v) is 4.99. The Bertz CT molecular complexity index is 720. The van der Waals surface area contributed by atoms with Gasteiger partial charge in [0.15, 0.2) is 0 Å². The second-order valence-electron chi connectivity index (χ2n) is 6.62. The Hall–Kier alpha value is -2.10. The number of hydrogen-bond donors (Lipinski definition) is 0. The number of aryl methyl sites for hydroxylation is 1. The summed E-state index contributed by atoms with van der Waals surface area (Å²) in [6, 6.07) is 18.1. The predicted molar refractivity (Wildman–Crippen MR) is 108 cm³/mol.